The Labute approximate surface area is 96.3 Å². The molecule has 16 heavy (non-hydrogen) atoms. The average Bonchev–Trinajstić information content (AvgIpc) is 2.28. The monoisotopic (exact) mass is 216 g/mol. The van der Waals surface area contributed by atoms with E-state index in [1.807, 2.05) is 0 Å². The lowest BCUT2D eigenvalue weighted by molar-refractivity contribution is -0.113. The molecule has 0 heterocycles. The predicted octanol–water partition coefficient (Wildman–Crippen LogP) is 2.70. The van der Waals surface area contributed by atoms with Crippen LogP contribution in [0.15, 0.2) is 24.3 Å². The number of rotatable bonds is 4. The Balaban J connectivity index is 2.51. The fourth-order valence-electron chi connectivity index (χ4n) is 1.30. The molecule has 0 aliphatic carbocycles. The van der Waals surface area contributed by atoms with Gasteiger partial charge < -0.3 is 5.11 Å². The second-order valence-electron chi connectivity index (χ2n) is 3.63. The van der Waals surface area contributed by atoms with Crippen LogP contribution in [0.25, 0.3) is 0 Å². The number of phenolic OH excluding ortho intramolecular Hbond substituents is 1. The second kappa shape index (κ2) is 6.68. The van der Waals surface area contributed by atoms with E-state index in [0.29, 0.717) is 5.56 Å². The standard InChI is InChI=1S/C14H16O2/c1-2-3-4-5-9-13(15)11-12-8-6-7-10-14(12)16/h6-8,10,16H,2-4,11H2,1H3. The summed E-state index contributed by atoms with van der Waals surface area (Å²) in [4.78, 5) is 11.4. The number of carbonyl (C=O) groups excluding carboxylic acids is 1. The summed E-state index contributed by atoms with van der Waals surface area (Å²) in [6, 6.07) is 6.84. The molecule has 1 N–H and O–H groups in total. The van der Waals surface area contributed by atoms with Gasteiger partial charge in [-0.3, -0.25) is 4.79 Å². The second-order valence-corrected chi connectivity index (χ2v) is 3.63. The molecule has 0 amide bonds. The highest BCUT2D eigenvalue weighted by Crippen LogP contribution is 2.15. The van der Waals surface area contributed by atoms with Crippen LogP contribution < -0.4 is 0 Å². The first kappa shape index (κ1) is 12.3. The SMILES string of the molecule is CCCCC#CC(=O)Cc1ccccc1O. The van der Waals surface area contributed by atoms with Gasteiger partial charge in [-0.15, -0.1) is 0 Å². The quantitative estimate of drug-likeness (QED) is 0.477. The highest BCUT2D eigenvalue weighted by Gasteiger charge is 2.03. The summed E-state index contributed by atoms with van der Waals surface area (Å²) in [6.45, 7) is 2.09. The van der Waals surface area contributed by atoms with Crippen molar-refractivity contribution in [3.8, 4) is 17.6 Å². The minimum absolute atomic E-state index is 0.141. The molecule has 1 rings (SSSR count). The molecule has 1 aromatic rings. The largest absolute Gasteiger partial charge is 0.508 e. The minimum atomic E-state index is -0.141. The number of aromatic hydroxyl groups is 1. The normalized spacial score (nSPS) is 9.31. The van der Waals surface area contributed by atoms with Crippen LogP contribution in [0, 0.1) is 11.8 Å². The Bertz CT molecular complexity index is 410. The molecule has 0 spiro atoms. The van der Waals surface area contributed by atoms with Gasteiger partial charge in [0, 0.05) is 18.4 Å². The molecular formula is C14H16O2. The first-order valence-electron chi connectivity index (χ1n) is 5.52. The van der Waals surface area contributed by atoms with Crippen molar-refractivity contribution in [2.75, 3.05) is 0 Å². The highest BCUT2D eigenvalue weighted by atomic mass is 16.3. The van der Waals surface area contributed by atoms with E-state index in [4.69, 9.17) is 0 Å². The van der Waals surface area contributed by atoms with Crippen LogP contribution in [0.5, 0.6) is 5.75 Å². The molecule has 0 radical (unpaired) electrons. The van der Waals surface area contributed by atoms with Crippen LogP contribution >= 0.6 is 0 Å². The Kier molecular flexibility index (Phi) is 5.15. The molecular weight excluding hydrogens is 200 g/mol. The summed E-state index contributed by atoms with van der Waals surface area (Å²) in [5.74, 6) is 5.46. The molecule has 1 aromatic carbocycles. The molecule has 0 aliphatic rings. The summed E-state index contributed by atoms with van der Waals surface area (Å²) in [5.41, 5.74) is 0.636. The first-order valence-corrected chi connectivity index (χ1v) is 5.52. The van der Waals surface area contributed by atoms with E-state index in [1.165, 1.54) is 0 Å². The fraction of sp³-hybridized carbons (Fsp3) is 0.357. The molecule has 84 valence electrons. The van der Waals surface area contributed by atoms with Gasteiger partial charge in [0.1, 0.15) is 5.75 Å². The topological polar surface area (TPSA) is 37.3 Å². The molecule has 0 saturated heterocycles. The molecule has 0 aromatic heterocycles. The Morgan fingerprint density at radius 2 is 2.12 bits per heavy atom. The van der Waals surface area contributed by atoms with Crippen molar-refractivity contribution >= 4 is 5.78 Å². The molecule has 0 atom stereocenters. The number of benzene rings is 1. The van der Waals surface area contributed by atoms with Crippen LogP contribution in [0.1, 0.15) is 31.7 Å². The lowest BCUT2D eigenvalue weighted by atomic mass is 10.1. The van der Waals surface area contributed by atoms with Crippen LogP contribution in [0.2, 0.25) is 0 Å². The van der Waals surface area contributed by atoms with Crippen molar-refractivity contribution in [2.24, 2.45) is 0 Å². The zero-order valence-corrected chi connectivity index (χ0v) is 9.49. The van der Waals surface area contributed by atoms with Gasteiger partial charge in [0.05, 0.1) is 0 Å². The van der Waals surface area contributed by atoms with E-state index in [9.17, 15) is 9.90 Å². The van der Waals surface area contributed by atoms with Gasteiger partial charge in [-0.2, -0.15) is 0 Å². The summed E-state index contributed by atoms with van der Waals surface area (Å²) in [6.07, 6.45) is 3.06. The van der Waals surface area contributed by atoms with Gasteiger partial charge in [-0.05, 0) is 18.4 Å². The van der Waals surface area contributed by atoms with Crippen molar-refractivity contribution < 1.29 is 9.90 Å². The summed E-state index contributed by atoms with van der Waals surface area (Å²) in [7, 11) is 0. The maximum absolute atomic E-state index is 11.4. The molecule has 0 bridgehead atoms. The number of para-hydroxylation sites is 1. The minimum Gasteiger partial charge on any atom is -0.508 e. The van der Waals surface area contributed by atoms with E-state index in [-0.39, 0.29) is 18.0 Å². The van der Waals surface area contributed by atoms with Gasteiger partial charge in [-0.1, -0.05) is 37.5 Å². The smallest absolute Gasteiger partial charge is 0.209 e. The maximum atomic E-state index is 11.4. The van der Waals surface area contributed by atoms with Gasteiger partial charge in [-0.25, -0.2) is 0 Å². The molecule has 0 fully saturated rings. The van der Waals surface area contributed by atoms with E-state index >= 15 is 0 Å². The zero-order valence-electron chi connectivity index (χ0n) is 9.49. The first-order chi connectivity index (χ1) is 7.74. The van der Waals surface area contributed by atoms with E-state index in [0.717, 1.165) is 19.3 Å². The van der Waals surface area contributed by atoms with Crippen molar-refractivity contribution in [1.82, 2.24) is 0 Å². The summed E-state index contributed by atoms with van der Waals surface area (Å²) in [5, 5.41) is 9.47. The fourth-order valence-corrected chi connectivity index (χ4v) is 1.30. The third kappa shape index (κ3) is 4.18. The maximum Gasteiger partial charge on any atom is 0.209 e. The van der Waals surface area contributed by atoms with Crippen molar-refractivity contribution in [3.05, 3.63) is 29.8 Å². The van der Waals surface area contributed by atoms with Crippen LogP contribution in [-0.2, 0) is 11.2 Å². The highest BCUT2D eigenvalue weighted by molar-refractivity contribution is 5.97. The third-order valence-electron chi connectivity index (χ3n) is 2.23. The van der Waals surface area contributed by atoms with E-state index < -0.39 is 0 Å². The van der Waals surface area contributed by atoms with Crippen molar-refractivity contribution in [1.29, 1.82) is 0 Å². The van der Waals surface area contributed by atoms with Crippen LogP contribution in [0.4, 0.5) is 0 Å². The summed E-state index contributed by atoms with van der Waals surface area (Å²) < 4.78 is 0. The lowest BCUT2D eigenvalue weighted by Crippen LogP contribution is -1.99. The predicted molar refractivity (Wildman–Crippen MR) is 64.1 cm³/mol. The lowest BCUT2D eigenvalue weighted by Gasteiger charge is -1.99. The number of hydrogen-bond donors (Lipinski definition) is 1. The average molecular weight is 216 g/mol. The Morgan fingerprint density at radius 1 is 1.38 bits per heavy atom. The molecule has 0 unspecified atom stereocenters. The van der Waals surface area contributed by atoms with Gasteiger partial charge in [0.15, 0.2) is 0 Å². The Hall–Kier alpha value is -1.75. The number of hydrogen-bond acceptors (Lipinski definition) is 2. The van der Waals surface area contributed by atoms with Gasteiger partial charge in [0.2, 0.25) is 5.78 Å². The number of unbranched alkanes of at least 4 members (excludes halogenated alkanes) is 2. The molecule has 0 saturated carbocycles. The zero-order chi connectivity index (χ0) is 11.8. The van der Waals surface area contributed by atoms with Crippen LogP contribution in [0.3, 0.4) is 0 Å². The van der Waals surface area contributed by atoms with Crippen LogP contribution in [-0.4, -0.2) is 10.9 Å². The number of carbonyl (C=O) groups is 1. The molecule has 2 nitrogen and oxygen atoms in total. The number of ketones is 1. The van der Waals surface area contributed by atoms with Gasteiger partial charge >= 0.3 is 0 Å². The molecule has 2 heteroatoms. The van der Waals surface area contributed by atoms with Crippen molar-refractivity contribution in [2.45, 2.75) is 32.6 Å². The molecule has 0 aliphatic heterocycles. The number of Topliss-reactive ketones (excluding diaryl/α,β-unsaturated/α-hetero) is 1. The van der Waals surface area contributed by atoms with Gasteiger partial charge in [0.25, 0.3) is 0 Å². The Morgan fingerprint density at radius 3 is 2.81 bits per heavy atom. The van der Waals surface area contributed by atoms with Crippen molar-refractivity contribution in [3.63, 3.8) is 0 Å². The van der Waals surface area contributed by atoms with E-state index in [2.05, 4.69) is 18.8 Å². The van der Waals surface area contributed by atoms with E-state index in [1.54, 1.807) is 24.3 Å². The summed E-state index contributed by atoms with van der Waals surface area (Å²) >= 11 is 0. The third-order valence-corrected chi connectivity index (χ3v) is 2.23. The number of phenols is 1.